The van der Waals surface area contributed by atoms with Crippen molar-refractivity contribution in [3.8, 4) is 0 Å². The molecule has 1 heterocycles. The van der Waals surface area contributed by atoms with Crippen LogP contribution in [0.2, 0.25) is 5.02 Å². The van der Waals surface area contributed by atoms with Crippen molar-refractivity contribution in [1.29, 1.82) is 0 Å². The highest BCUT2D eigenvalue weighted by Crippen LogP contribution is 2.17. The Kier molecular flexibility index (Phi) is 8.47. The van der Waals surface area contributed by atoms with E-state index in [9.17, 15) is 14.0 Å². The molecule has 0 aromatic heterocycles. The number of hydrogen-bond acceptors (Lipinski definition) is 2. The van der Waals surface area contributed by atoms with E-state index in [0.717, 1.165) is 24.4 Å². The van der Waals surface area contributed by atoms with Crippen LogP contribution in [0.25, 0.3) is 0 Å². The molecule has 0 saturated carbocycles. The maximum absolute atomic E-state index is 13.9. The summed E-state index contributed by atoms with van der Waals surface area (Å²) in [4.78, 5) is 28.3. The molecule has 6 nitrogen and oxygen atoms in total. The van der Waals surface area contributed by atoms with E-state index in [2.05, 4.69) is 5.32 Å². The van der Waals surface area contributed by atoms with Gasteiger partial charge in [0.05, 0.1) is 43.8 Å². The lowest BCUT2D eigenvalue weighted by atomic mass is 10.2. The van der Waals surface area contributed by atoms with E-state index in [1.807, 2.05) is 18.9 Å². The summed E-state index contributed by atoms with van der Waals surface area (Å²) < 4.78 is 13.9. The van der Waals surface area contributed by atoms with Gasteiger partial charge in [-0.2, -0.15) is 0 Å². The minimum absolute atomic E-state index is 0.0504. The summed E-state index contributed by atoms with van der Waals surface area (Å²) in [6.07, 6.45) is 0.928. The predicted molar refractivity (Wildman–Crippen MR) is 102 cm³/mol. The van der Waals surface area contributed by atoms with Gasteiger partial charge in [-0.3, -0.25) is 9.59 Å². The molecule has 2 rings (SSSR count). The number of carbonyl (C=O) groups is 2. The first-order valence-corrected chi connectivity index (χ1v) is 9.90. The zero-order chi connectivity index (χ0) is 19.8. The van der Waals surface area contributed by atoms with Gasteiger partial charge < -0.3 is 20.0 Å². The number of piperazine rings is 1. The lowest BCUT2D eigenvalue weighted by Gasteiger charge is -2.32. The van der Waals surface area contributed by atoms with E-state index in [-0.39, 0.29) is 24.2 Å². The van der Waals surface area contributed by atoms with Crippen LogP contribution in [0.4, 0.5) is 4.39 Å². The highest BCUT2D eigenvalue weighted by atomic mass is 35.5. The van der Waals surface area contributed by atoms with E-state index in [1.165, 1.54) is 11.0 Å². The van der Waals surface area contributed by atoms with Gasteiger partial charge in [0.1, 0.15) is 12.4 Å². The summed E-state index contributed by atoms with van der Waals surface area (Å²) in [5, 5.41) is 3.28. The second-order valence-corrected chi connectivity index (χ2v) is 7.58. The molecule has 0 radical (unpaired) electrons. The Labute approximate surface area is 165 Å². The van der Waals surface area contributed by atoms with Crippen molar-refractivity contribution in [1.82, 2.24) is 10.2 Å². The molecule has 1 unspecified atom stereocenters. The molecule has 1 aromatic carbocycles. The van der Waals surface area contributed by atoms with Gasteiger partial charge in [0.25, 0.3) is 11.8 Å². The largest absolute Gasteiger partial charge is 0.351 e. The van der Waals surface area contributed by atoms with E-state index < -0.39 is 0 Å². The van der Waals surface area contributed by atoms with Crippen molar-refractivity contribution in [3.05, 3.63) is 34.6 Å². The van der Waals surface area contributed by atoms with Crippen molar-refractivity contribution < 1.29 is 23.8 Å². The van der Waals surface area contributed by atoms with Gasteiger partial charge in [-0.05, 0) is 18.6 Å². The number of likely N-dealkylation sites (N-methyl/N-ethyl adjacent to an activating group) is 1. The molecular formula is C19H30ClFN4O2+2. The Morgan fingerprint density at radius 2 is 2.04 bits per heavy atom. The molecule has 3 N–H and O–H groups in total. The summed E-state index contributed by atoms with van der Waals surface area (Å²) in [5.41, 5.74) is 0.442. The van der Waals surface area contributed by atoms with Gasteiger partial charge in [0, 0.05) is 6.54 Å². The molecule has 0 bridgehead atoms. The van der Waals surface area contributed by atoms with Crippen molar-refractivity contribution >= 4 is 23.4 Å². The number of carbonyl (C=O) groups excluding carboxylic acids is 2. The monoisotopic (exact) mass is 400 g/mol. The number of hydrogen-bond donors (Lipinski definition) is 3. The maximum atomic E-state index is 13.9. The minimum atomic E-state index is -0.340. The quantitative estimate of drug-likeness (QED) is 0.510. The Morgan fingerprint density at radius 1 is 1.33 bits per heavy atom. The fraction of sp³-hybridized carbons (Fsp3) is 0.579. The topological polar surface area (TPSA) is 58.3 Å². The molecule has 1 aliphatic rings. The molecule has 1 aliphatic heterocycles. The predicted octanol–water partition coefficient (Wildman–Crippen LogP) is -1.25. The normalized spacial score (nSPS) is 16.2. The van der Waals surface area contributed by atoms with E-state index in [4.69, 9.17) is 11.6 Å². The standard InChI is InChI=1S/C19H28ClFN4O2/c1-3-7-22-18(26)13-24-8-10-25(11-9-24)19(27)14-23(2)12-15-16(20)5-4-6-17(15)21/h4-6H,3,7-14H2,1-2H3,(H,22,26)/p+2. The number of benzene rings is 1. The van der Waals surface area contributed by atoms with E-state index >= 15 is 0 Å². The summed E-state index contributed by atoms with van der Waals surface area (Å²) in [7, 11) is 1.86. The van der Waals surface area contributed by atoms with Crippen LogP contribution in [0, 0.1) is 5.82 Å². The summed E-state index contributed by atoms with van der Waals surface area (Å²) in [6, 6.07) is 4.62. The zero-order valence-corrected chi connectivity index (χ0v) is 16.9. The Hall–Kier alpha value is -1.70. The molecule has 0 aliphatic carbocycles. The summed E-state index contributed by atoms with van der Waals surface area (Å²) in [5.74, 6) is -0.222. The second-order valence-electron chi connectivity index (χ2n) is 7.17. The van der Waals surface area contributed by atoms with Crippen LogP contribution in [0.5, 0.6) is 0 Å². The summed E-state index contributed by atoms with van der Waals surface area (Å²) in [6.45, 7) is 6.66. The highest BCUT2D eigenvalue weighted by molar-refractivity contribution is 6.31. The van der Waals surface area contributed by atoms with Crippen LogP contribution in [0.3, 0.4) is 0 Å². The van der Waals surface area contributed by atoms with Gasteiger partial charge in [-0.25, -0.2) is 4.39 Å². The number of quaternary nitrogens is 2. The molecule has 1 atom stereocenters. The van der Waals surface area contributed by atoms with Gasteiger partial charge in [-0.15, -0.1) is 0 Å². The van der Waals surface area contributed by atoms with Gasteiger partial charge in [0.2, 0.25) is 0 Å². The van der Waals surface area contributed by atoms with Crippen molar-refractivity contribution in [2.75, 3.05) is 52.9 Å². The second kappa shape index (κ2) is 10.6. The fourth-order valence-electron chi connectivity index (χ4n) is 3.24. The fourth-order valence-corrected chi connectivity index (χ4v) is 3.47. The number of nitrogens with zero attached hydrogens (tertiary/aromatic N) is 1. The third-order valence-corrected chi connectivity index (χ3v) is 5.15. The lowest BCUT2D eigenvalue weighted by Crippen LogP contribution is -3.16. The van der Waals surface area contributed by atoms with Gasteiger partial charge in [-0.1, -0.05) is 24.6 Å². The molecule has 150 valence electrons. The highest BCUT2D eigenvalue weighted by Gasteiger charge is 2.27. The van der Waals surface area contributed by atoms with Crippen LogP contribution in [-0.2, 0) is 16.1 Å². The maximum Gasteiger partial charge on any atom is 0.278 e. The van der Waals surface area contributed by atoms with E-state index in [1.54, 1.807) is 12.1 Å². The molecule has 0 spiro atoms. The minimum Gasteiger partial charge on any atom is -0.351 e. The zero-order valence-electron chi connectivity index (χ0n) is 16.1. The van der Waals surface area contributed by atoms with Crippen molar-refractivity contribution in [3.63, 3.8) is 0 Å². The lowest BCUT2D eigenvalue weighted by molar-refractivity contribution is -0.897. The van der Waals surface area contributed by atoms with Crippen LogP contribution >= 0.6 is 11.6 Å². The number of amides is 2. The third-order valence-electron chi connectivity index (χ3n) is 4.80. The van der Waals surface area contributed by atoms with Gasteiger partial charge in [0.15, 0.2) is 13.1 Å². The third kappa shape index (κ3) is 6.75. The van der Waals surface area contributed by atoms with Crippen LogP contribution in [-0.4, -0.2) is 69.6 Å². The van der Waals surface area contributed by atoms with Crippen molar-refractivity contribution in [2.24, 2.45) is 0 Å². The SMILES string of the molecule is CCCNC(=O)C[NH+]1CCN(C(=O)C[NH+](C)Cc2c(F)cccc2Cl)CC1. The molecule has 27 heavy (non-hydrogen) atoms. The van der Waals surface area contributed by atoms with Crippen LogP contribution in [0.1, 0.15) is 18.9 Å². The van der Waals surface area contributed by atoms with E-state index in [0.29, 0.717) is 43.3 Å². The average molecular weight is 401 g/mol. The smallest absolute Gasteiger partial charge is 0.278 e. The number of nitrogens with one attached hydrogen (secondary N) is 3. The Bertz CT molecular complexity index is 630. The van der Waals surface area contributed by atoms with Crippen LogP contribution in [0.15, 0.2) is 18.2 Å². The molecule has 1 saturated heterocycles. The van der Waals surface area contributed by atoms with Gasteiger partial charge >= 0.3 is 0 Å². The van der Waals surface area contributed by atoms with Crippen molar-refractivity contribution in [2.45, 2.75) is 19.9 Å². The first-order valence-electron chi connectivity index (χ1n) is 9.53. The summed E-state index contributed by atoms with van der Waals surface area (Å²) >= 11 is 6.06. The Morgan fingerprint density at radius 3 is 2.67 bits per heavy atom. The molecule has 8 heteroatoms. The number of rotatable bonds is 8. The molecule has 2 amide bonds. The first kappa shape index (κ1) is 21.6. The molecular weight excluding hydrogens is 371 g/mol. The molecule has 1 fully saturated rings. The number of halogens is 2. The average Bonchev–Trinajstić information content (AvgIpc) is 2.63. The Balaban J connectivity index is 1.76. The van der Waals surface area contributed by atoms with Crippen LogP contribution < -0.4 is 15.1 Å². The molecule has 1 aromatic rings. The first-order chi connectivity index (χ1) is 12.9.